The summed E-state index contributed by atoms with van der Waals surface area (Å²) in [5.74, 6) is 0.493. The fourth-order valence-corrected chi connectivity index (χ4v) is 2.05. The van der Waals surface area contributed by atoms with Crippen molar-refractivity contribution in [1.29, 1.82) is 0 Å². The second-order valence-electron chi connectivity index (χ2n) is 4.57. The molecule has 0 saturated heterocycles. The van der Waals surface area contributed by atoms with E-state index in [1.54, 1.807) is 0 Å². The first-order valence-electron chi connectivity index (χ1n) is 5.97. The van der Waals surface area contributed by atoms with Crippen molar-refractivity contribution in [3.05, 3.63) is 36.5 Å². The quantitative estimate of drug-likeness (QED) is 0.874. The first-order chi connectivity index (χ1) is 8.22. The van der Waals surface area contributed by atoms with Crippen LogP contribution in [0.1, 0.15) is 6.92 Å². The highest BCUT2D eigenvalue weighted by Crippen LogP contribution is 2.24. The third-order valence-electron chi connectivity index (χ3n) is 3.03. The summed E-state index contributed by atoms with van der Waals surface area (Å²) in [6, 6.07) is 10.3. The van der Waals surface area contributed by atoms with Crippen LogP contribution in [0.15, 0.2) is 36.5 Å². The smallest absolute Gasteiger partial charge is 0.0722 e. The van der Waals surface area contributed by atoms with Crippen molar-refractivity contribution < 1.29 is 0 Å². The molecule has 0 aliphatic heterocycles. The molecule has 1 heterocycles. The van der Waals surface area contributed by atoms with Crippen LogP contribution in [0.2, 0.25) is 0 Å². The van der Waals surface area contributed by atoms with Crippen molar-refractivity contribution >= 4 is 16.6 Å². The van der Waals surface area contributed by atoms with Gasteiger partial charge in [-0.1, -0.05) is 25.1 Å². The summed E-state index contributed by atoms with van der Waals surface area (Å²) in [7, 11) is 2.11. The first-order valence-corrected chi connectivity index (χ1v) is 5.97. The van der Waals surface area contributed by atoms with E-state index < -0.39 is 0 Å². The van der Waals surface area contributed by atoms with Gasteiger partial charge in [0, 0.05) is 30.9 Å². The number of para-hydroxylation sites is 1. The van der Waals surface area contributed by atoms with Gasteiger partial charge in [0.15, 0.2) is 0 Å². The average Bonchev–Trinajstić information content (AvgIpc) is 2.37. The highest BCUT2D eigenvalue weighted by Gasteiger charge is 2.08. The van der Waals surface area contributed by atoms with E-state index in [0.29, 0.717) is 12.5 Å². The fraction of sp³-hybridized carbons (Fsp3) is 0.357. The van der Waals surface area contributed by atoms with Crippen LogP contribution in [-0.2, 0) is 0 Å². The maximum atomic E-state index is 5.67. The van der Waals surface area contributed by atoms with Crippen LogP contribution in [-0.4, -0.2) is 25.1 Å². The number of aromatic nitrogens is 1. The Morgan fingerprint density at radius 2 is 2.06 bits per heavy atom. The molecular weight excluding hydrogens is 210 g/mol. The molecule has 0 aliphatic rings. The Morgan fingerprint density at radius 3 is 2.82 bits per heavy atom. The lowest BCUT2D eigenvalue weighted by atomic mass is 10.1. The predicted octanol–water partition coefficient (Wildman–Crippen LogP) is 2.27. The molecule has 2 rings (SSSR count). The van der Waals surface area contributed by atoms with Crippen LogP contribution in [0.5, 0.6) is 0 Å². The third kappa shape index (κ3) is 2.56. The lowest BCUT2D eigenvalue weighted by Crippen LogP contribution is -2.28. The minimum atomic E-state index is 0.493. The second-order valence-corrected chi connectivity index (χ2v) is 4.57. The van der Waals surface area contributed by atoms with Crippen LogP contribution < -0.4 is 10.6 Å². The zero-order chi connectivity index (χ0) is 12.3. The van der Waals surface area contributed by atoms with Crippen LogP contribution >= 0.6 is 0 Å². The largest absolute Gasteiger partial charge is 0.374 e. The number of nitrogens with two attached hydrogens (primary N) is 1. The molecule has 2 N–H and O–H groups in total. The number of pyridine rings is 1. The molecule has 0 spiro atoms. The molecule has 3 nitrogen and oxygen atoms in total. The van der Waals surface area contributed by atoms with Crippen LogP contribution in [0.25, 0.3) is 10.9 Å². The van der Waals surface area contributed by atoms with Gasteiger partial charge in [-0.2, -0.15) is 0 Å². The van der Waals surface area contributed by atoms with E-state index in [1.165, 1.54) is 11.1 Å². The van der Waals surface area contributed by atoms with E-state index in [4.69, 9.17) is 5.73 Å². The predicted molar refractivity (Wildman–Crippen MR) is 73.2 cm³/mol. The summed E-state index contributed by atoms with van der Waals surface area (Å²) in [6.45, 7) is 3.84. The summed E-state index contributed by atoms with van der Waals surface area (Å²) in [6.07, 6.45) is 1.86. The van der Waals surface area contributed by atoms with Gasteiger partial charge in [-0.05, 0) is 24.6 Å². The first kappa shape index (κ1) is 11.9. The molecule has 0 amide bonds. The van der Waals surface area contributed by atoms with E-state index >= 15 is 0 Å². The molecule has 0 saturated carbocycles. The average molecular weight is 229 g/mol. The molecule has 1 aromatic carbocycles. The number of hydrogen-bond acceptors (Lipinski definition) is 3. The van der Waals surface area contributed by atoms with Gasteiger partial charge in [-0.3, -0.25) is 4.98 Å². The minimum absolute atomic E-state index is 0.493. The molecular formula is C14H19N3. The van der Waals surface area contributed by atoms with E-state index in [9.17, 15) is 0 Å². The summed E-state index contributed by atoms with van der Waals surface area (Å²) in [4.78, 5) is 6.62. The van der Waals surface area contributed by atoms with Crippen LogP contribution in [0.4, 0.5) is 5.69 Å². The molecule has 90 valence electrons. The molecule has 1 unspecified atom stereocenters. The molecule has 1 atom stereocenters. The Kier molecular flexibility index (Phi) is 3.59. The van der Waals surface area contributed by atoms with Crippen molar-refractivity contribution in [2.75, 3.05) is 25.0 Å². The lowest BCUT2D eigenvalue weighted by Gasteiger charge is -2.23. The molecule has 0 aliphatic carbocycles. The van der Waals surface area contributed by atoms with Crippen molar-refractivity contribution in [3.8, 4) is 0 Å². The summed E-state index contributed by atoms with van der Waals surface area (Å²) < 4.78 is 0. The van der Waals surface area contributed by atoms with E-state index in [1.807, 2.05) is 24.4 Å². The Bertz CT molecular complexity index is 490. The molecule has 0 fully saturated rings. The monoisotopic (exact) mass is 229 g/mol. The highest BCUT2D eigenvalue weighted by atomic mass is 15.1. The number of anilines is 1. The van der Waals surface area contributed by atoms with Gasteiger partial charge in [0.25, 0.3) is 0 Å². The van der Waals surface area contributed by atoms with Crippen molar-refractivity contribution in [1.82, 2.24) is 4.98 Å². The second kappa shape index (κ2) is 5.15. The van der Waals surface area contributed by atoms with Crippen LogP contribution in [0.3, 0.4) is 0 Å². The topological polar surface area (TPSA) is 42.1 Å². The van der Waals surface area contributed by atoms with Gasteiger partial charge in [-0.15, -0.1) is 0 Å². The number of fused-ring (bicyclic) bond motifs is 1. The SMILES string of the molecule is CC(CN)CN(C)c1ccnc2ccccc12. The zero-order valence-corrected chi connectivity index (χ0v) is 10.4. The Hall–Kier alpha value is -1.61. The molecule has 0 bridgehead atoms. The van der Waals surface area contributed by atoms with Crippen molar-refractivity contribution in [2.24, 2.45) is 11.7 Å². The zero-order valence-electron chi connectivity index (χ0n) is 10.4. The molecule has 17 heavy (non-hydrogen) atoms. The number of hydrogen-bond donors (Lipinski definition) is 1. The highest BCUT2D eigenvalue weighted by molar-refractivity contribution is 5.91. The van der Waals surface area contributed by atoms with Gasteiger partial charge < -0.3 is 10.6 Å². The Balaban J connectivity index is 2.34. The summed E-state index contributed by atoms with van der Waals surface area (Å²) in [5.41, 5.74) is 7.93. The van der Waals surface area contributed by atoms with Crippen molar-refractivity contribution in [2.45, 2.75) is 6.92 Å². The number of rotatable bonds is 4. The molecule has 1 aromatic heterocycles. The lowest BCUT2D eigenvalue weighted by molar-refractivity contribution is 0.591. The maximum Gasteiger partial charge on any atom is 0.0722 e. The molecule has 3 heteroatoms. The van der Waals surface area contributed by atoms with Gasteiger partial charge in [0.05, 0.1) is 5.52 Å². The maximum absolute atomic E-state index is 5.67. The number of nitrogens with zero attached hydrogens (tertiary/aromatic N) is 2. The minimum Gasteiger partial charge on any atom is -0.374 e. The van der Waals surface area contributed by atoms with E-state index in [-0.39, 0.29) is 0 Å². The molecule has 0 radical (unpaired) electrons. The van der Waals surface area contributed by atoms with Crippen LogP contribution in [0, 0.1) is 5.92 Å². The standard InChI is InChI=1S/C14H19N3/c1-11(9-15)10-17(2)14-7-8-16-13-6-4-3-5-12(13)14/h3-8,11H,9-10,15H2,1-2H3. The van der Waals surface area contributed by atoms with E-state index in [2.05, 4.69) is 36.0 Å². The van der Waals surface area contributed by atoms with Crippen molar-refractivity contribution in [3.63, 3.8) is 0 Å². The van der Waals surface area contributed by atoms with Gasteiger partial charge in [0.1, 0.15) is 0 Å². The summed E-state index contributed by atoms with van der Waals surface area (Å²) in [5, 5.41) is 1.20. The fourth-order valence-electron chi connectivity index (χ4n) is 2.05. The summed E-state index contributed by atoms with van der Waals surface area (Å²) >= 11 is 0. The third-order valence-corrected chi connectivity index (χ3v) is 3.03. The Morgan fingerprint density at radius 1 is 1.29 bits per heavy atom. The number of benzene rings is 1. The van der Waals surface area contributed by atoms with Gasteiger partial charge in [-0.25, -0.2) is 0 Å². The normalized spacial score (nSPS) is 12.6. The van der Waals surface area contributed by atoms with E-state index in [0.717, 1.165) is 12.1 Å². The van der Waals surface area contributed by atoms with Gasteiger partial charge >= 0.3 is 0 Å². The molecule has 2 aromatic rings. The Labute approximate surface area is 102 Å². The van der Waals surface area contributed by atoms with Gasteiger partial charge in [0.2, 0.25) is 0 Å².